The van der Waals surface area contributed by atoms with Crippen LogP contribution in [-0.4, -0.2) is 47.3 Å². The molecule has 2 rings (SSSR count). The van der Waals surface area contributed by atoms with Crippen LogP contribution in [-0.2, 0) is 4.79 Å². The Kier molecular flexibility index (Phi) is 3.89. The van der Waals surface area contributed by atoms with Crippen LogP contribution in [0.2, 0.25) is 0 Å². The van der Waals surface area contributed by atoms with Gasteiger partial charge in [-0.1, -0.05) is 6.07 Å². The van der Waals surface area contributed by atoms with E-state index in [1.807, 2.05) is 7.05 Å². The van der Waals surface area contributed by atoms with Gasteiger partial charge in [-0.05, 0) is 40.7 Å². The lowest BCUT2D eigenvalue weighted by molar-refractivity contribution is -0.146. The van der Waals surface area contributed by atoms with Gasteiger partial charge in [-0.2, -0.15) is 0 Å². The van der Waals surface area contributed by atoms with Crippen molar-refractivity contribution in [3.63, 3.8) is 0 Å². The zero-order chi connectivity index (χ0) is 13.3. The van der Waals surface area contributed by atoms with Crippen LogP contribution in [0.25, 0.3) is 0 Å². The maximum atomic E-state index is 10.7. The lowest BCUT2D eigenvalue weighted by Crippen LogP contribution is -2.51. The van der Waals surface area contributed by atoms with Crippen LogP contribution < -0.4 is 4.74 Å². The summed E-state index contributed by atoms with van der Waals surface area (Å²) in [6, 6.07) is 4.79. The molecular formula is C12H14BrNO4. The van der Waals surface area contributed by atoms with Crippen LogP contribution in [0.15, 0.2) is 22.7 Å². The number of rotatable bonds is 4. The number of halogens is 1. The summed E-state index contributed by atoms with van der Waals surface area (Å²) in [6.45, 7) is 1.76. The van der Waals surface area contributed by atoms with Gasteiger partial charge in [0.15, 0.2) is 6.10 Å². The standard InChI is InChI=1S/C12H14BrNO4/c1-14-5-8(6-14)18-10-3-2-7(4-9(10)13)11(15)12(16)17/h2-4,8,11,15H,5-6H2,1H3,(H,16,17). The lowest BCUT2D eigenvalue weighted by atomic mass is 10.1. The van der Waals surface area contributed by atoms with Crippen LogP contribution in [0.4, 0.5) is 0 Å². The number of aliphatic carboxylic acids is 1. The molecule has 1 heterocycles. The molecule has 1 aromatic carbocycles. The van der Waals surface area contributed by atoms with E-state index in [0.717, 1.165) is 13.1 Å². The summed E-state index contributed by atoms with van der Waals surface area (Å²) < 4.78 is 6.38. The first-order valence-electron chi connectivity index (χ1n) is 5.53. The second kappa shape index (κ2) is 5.26. The van der Waals surface area contributed by atoms with E-state index in [4.69, 9.17) is 9.84 Å². The van der Waals surface area contributed by atoms with E-state index in [0.29, 0.717) is 15.8 Å². The minimum Gasteiger partial charge on any atom is -0.487 e. The van der Waals surface area contributed by atoms with Crippen molar-refractivity contribution in [3.8, 4) is 5.75 Å². The molecule has 0 spiro atoms. The van der Waals surface area contributed by atoms with Crippen molar-refractivity contribution < 1.29 is 19.7 Å². The maximum Gasteiger partial charge on any atom is 0.337 e. The molecule has 5 nitrogen and oxygen atoms in total. The number of carbonyl (C=O) groups is 1. The topological polar surface area (TPSA) is 70.0 Å². The lowest BCUT2D eigenvalue weighted by Gasteiger charge is -2.36. The van der Waals surface area contributed by atoms with Gasteiger partial charge in [-0.3, -0.25) is 4.90 Å². The summed E-state index contributed by atoms with van der Waals surface area (Å²) in [4.78, 5) is 12.8. The molecule has 0 radical (unpaired) electrons. The van der Waals surface area contributed by atoms with Crippen LogP contribution in [0.5, 0.6) is 5.75 Å². The van der Waals surface area contributed by atoms with Gasteiger partial charge in [0.1, 0.15) is 11.9 Å². The van der Waals surface area contributed by atoms with E-state index in [-0.39, 0.29) is 6.10 Å². The molecule has 1 aliphatic rings. The van der Waals surface area contributed by atoms with Gasteiger partial charge in [0.2, 0.25) is 0 Å². The number of aliphatic hydroxyl groups excluding tert-OH is 1. The largest absolute Gasteiger partial charge is 0.487 e. The normalized spacial score (nSPS) is 18.2. The van der Waals surface area contributed by atoms with Crippen molar-refractivity contribution in [2.24, 2.45) is 0 Å². The van der Waals surface area contributed by atoms with E-state index in [9.17, 15) is 9.90 Å². The molecule has 6 heteroatoms. The number of carboxylic acid groups (broad SMARTS) is 1. The molecule has 1 fully saturated rings. The first-order chi connectivity index (χ1) is 8.47. The zero-order valence-corrected chi connectivity index (χ0v) is 11.4. The molecule has 1 aliphatic heterocycles. The zero-order valence-electron chi connectivity index (χ0n) is 9.84. The predicted molar refractivity (Wildman–Crippen MR) is 68.7 cm³/mol. The quantitative estimate of drug-likeness (QED) is 0.875. The van der Waals surface area contributed by atoms with Crippen LogP contribution in [0.3, 0.4) is 0 Å². The molecule has 1 aromatic rings. The van der Waals surface area contributed by atoms with E-state index in [1.54, 1.807) is 18.2 Å². The number of carboxylic acids is 1. The molecular weight excluding hydrogens is 302 g/mol. The Morgan fingerprint density at radius 1 is 1.56 bits per heavy atom. The Morgan fingerprint density at radius 3 is 2.72 bits per heavy atom. The fraction of sp³-hybridized carbons (Fsp3) is 0.417. The van der Waals surface area contributed by atoms with Crippen molar-refractivity contribution in [1.29, 1.82) is 0 Å². The molecule has 0 amide bonds. The third kappa shape index (κ3) is 2.82. The Labute approximate surface area is 113 Å². The SMILES string of the molecule is CN1CC(Oc2ccc(C(O)C(=O)O)cc2Br)C1. The van der Waals surface area contributed by atoms with E-state index < -0.39 is 12.1 Å². The van der Waals surface area contributed by atoms with Crippen molar-refractivity contribution in [2.75, 3.05) is 20.1 Å². The van der Waals surface area contributed by atoms with Crippen molar-refractivity contribution in [2.45, 2.75) is 12.2 Å². The monoisotopic (exact) mass is 315 g/mol. The minimum atomic E-state index is -1.51. The third-order valence-electron chi connectivity index (χ3n) is 2.83. The Morgan fingerprint density at radius 2 is 2.22 bits per heavy atom. The number of hydrogen-bond donors (Lipinski definition) is 2. The van der Waals surface area contributed by atoms with Crippen molar-refractivity contribution in [3.05, 3.63) is 28.2 Å². The summed E-state index contributed by atoms with van der Waals surface area (Å²) in [6.07, 6.45) is -1.34. The molecule has 1 atom stereocenters. The Bertz CT molecular complexity index is 459. The molecule has 98 valence electrons. The average molecular weight is 316 g/mol. The highest BCUT2D eigenvalue weighted by Crippen LogP contribution is 2.30. The van der Waals surface area contributed by atoms with Crippen LogP contribution in [0, 0.1) is 0 Å². The van der Waals surface area contributed by atoms with Crippen molar-refractivity contribution in [1.82, 2.24) is 4.90 Å². The summed E-state index contributed by atoms with van der Waals surface area (Å²) in [5.41, 5.74) is 0.326. The molecule has 1 unspecified atom stereocenters. The number of likely N-dealkylation sites (tertiary alicyclic amines) is 1. The fourth-order valence-electron chi connectivity index (χ4n) is 1.82. The van der Waals surface area contributed by atoms with Gasteiger partial charge >= 0.3 is 5.97 Å². The highest BCUT2D eigenvalue weighted by Gasteiger charge is 2.26. The number of benzene rings is 1. The average Bonchev–Trinajstić information content (AvgIpc) is 2.28. The number of nitrogens with zero attached hydrogens (tertiary/aromatic N) is 1. The van der Waals surface area contributed by atoms with Gasteiger partial charge in [0.05, 0.1) is 4.47 Å². The molecule has 0 aliphatic carbocycles. The van der Waals surface area contributed by atoms with Crippen LogP contribution >= 0.6 is 15.9 Å². The summed E-state index contributed by atoms with van der Waals surface area (Å²) in [5, 5.41) is 18.1. The minimum absolute atomic E-state index is 0.168. The summed E-state index contributed by atoms with van der Waals surface area (Å²) in [5.74, 6) is -0.606. The molecule has 0 bridgehead atoms. The highest BCUT2D eigenvalue weighted by atomic mass is 79.9. The Hall–Kier alpha value is -1.11. The summed E-state index contributed by atoms with van der Waals surface area (Å²) in [7, 11) is 2.02. The first-order valence-corrected chi connectivity index (χ1v) is 6.32. The van der Waals surface area contributed by atoms with E-state index in [1.165, 1.54) is 0 Å². The second-order valence-electron chi connectivity index (χ2n) is 4.39. The number of aliphatic hydroxyl groups is 1. The molecule has 0 saturated carbocycles. The number of ether oxygens (including phenoxy) is 1. The van der Waals surface area contributed by atoms with Gasteiger partial charge in [-0.15, -0.1) is 0 Å². The van der Waals surface area contributed by atoms with E-state index >= 15 is 0 Å². The van der Waals surface area contributed by atoms with Gasteiger partial charge < -0.3 is 14.9 Å². The maximum absolute atomic E-state index is 10.7. The number of hydrogen-bond acceptors (Lipinski definition) is 4. The predicted octanol–water partition coefficient (Wildman–Crippen LogP) is 1.26. The van der Waals surface area contributed by atoms with Crippen LogP contribution in [0.1, 0.15) is 11.7 Å². The number of likely N-dealkylation sites (N-methyl/N-ethyl adjacent to an activating group) is 1. The molecule has 0 aromatic heterocycles. The molecule has 18 heavy (non-hydrogen) atoms. The fourth-order valence-corrected chi connectivity index (χ4v) is 2.31. The molecule has 1 saturated heterocycles. The van der Waals surface area contributed by atoms with Gasteiger partial charge in [0.25, 0.3) is 0 Å². The van der Waals surface area contributed by atoms with E-state index in [2.05, 4.69) is 20.8 Å². The van der Waals surface area contributed by atoms with Crippen molar-refractivity contribution >= 4 is 21.9 Å². The second-order valence-corrected chi connectivity index (χ2v) is 5.25. The third-order valence-corrected chi connectivity index (χ3v) is 3.45. The first kappa shape index (κ1) is 13.3. The summed E-state index contributed by atoms with van der Waals surface area (Å²) >= 11 is 3.32. The smallest absolute Gasteiger partial charge is 0.337 e. The van der Waals surface area contributed by atoms with Gasteiger partial charge in [-0.25, -0.2) is 4.79 Å². The highest BCUT2D eigenvalue weighted by molar-refractivity contribution is 9.10. The van der Waals surface area contributed by atoms with Gasteiger partial charge in [0, 0.05) is 13.1 Å². The molecule has 2 N–H and O–H groups in total. The Balaban J connectivity index is 2.07.